The van der Waals surface area contributed by atoms with Gasteiger partial charge in [-0.2, -0.15) is 0 Å². The second-order valence-electron chi connectivity index (χ2n) is 7.80. The molecule has 7 heteroatoms. The molecule has 3 aromatic rings. The first-order valence-corrected chi connectivity index (χ1v) is 11.9. The van der Waals surface area contributed by atoms with E-state index in [1.54, 1.807) is 30.3 Å². The summed E-state index contributed by atoms with van der Waals surface area (Å²) in [4.78, 5) is 15.0. The fraction of sp³-hybridized carbons (Fsp3) is 0.208. The number of benzene rings is 3. The predicted molar refractivity (Wildman–Crippen MR) is 126 cm³/mol. The minimum Gasteiger partial charge on any atom is -0.374 e. The fourth-order valence-corrected chi connectivity index (χ4v) is 4.32. The Hall–Kier alpha value is -3.32. The summed E-state index contributed by atoms with van der Waals surface area (Å²) in [6.45, 7) is 0.995. The number of rotatable bonds is 5. The van der Waals surface area contributed by atoms with Gasteiger partial charge in [-0.1, -0.05) is 30.3 Å². The summed E-state index contributed by atoms with van der Waals surface area (Å²) in [5.74, 6) is -0.295. The lowest BCUT2D eigenvalue weighted by atomic mass is 10.0. The third-order valence-corrected chi connectivity index (χ3v) is 6.85. The van der Waals surface area contributed by atoms with Crippen LogP contribution >= 0.6 is 0 Å². The number of fused-ring (bicyclic) bond motifs is 1. The molecule has 1 N–H and O–H groups in total. The van der Waals surface area contributed by atoms with E-state index in [2.05, 4.69) is 35.5 Å². The molecule has 1 heterocycles. The topological polar surface area (TPSA) is 69.7 Å². The Kier molecular flexibility index (Phi) is 5.45. The van der Waals surface area contributed by atoms with Crippen LogP contribution in [-0.4, -0.2) is 41.2 Å². The van der Waals surface area contributed by atoms with Crippen molar-refractivity contribution in [3.05, 3.63) is 77.9 Å². The van der Waals surface area contributed by atoms with Gasteiger partial charge in [-0.15, -0.1) is 0 Å². The number of hydrogen-bond acceptors (Lipinski definition) is 4. The Morgan fingerprint density at radius 2 is 1.68 bits per heavy atom. The Morgan fingerprint density at radius 3 is 2.39 bits per heavy atom. The molecule has 0 bridgehead atoms. The van der Waals surface area contributed by atoms with Crippen LogP contribution in [0.1, 0.15) is 15.9 Å². The molecule has 0 aliphatic carbocycles. The van der Waals surface area contributed by atoms with Crippen molar-refractivity contribution in [3.8, 4) is 11.1 Å². The Morgan fingerprint density at radius 1 is 1.00 bits per heavy atom. The van der Waals surface area contributed by atoms with Crippen molar-refractivity contribution in [3.63, 3.8) is 0 Å². The highest BCUT2D eigenvalue weighted by molar-refractivity contribution is 7.92. The van der Waals surface area contributed by atoms with Gasteiger partial charge < -0.3 is 10.2 Å². The number of nitrogens with zero attached hydrogens (tertiary/aromatic N) is 2. The number of carbonyl (C=O) groups excluding carboxylic acids is 1. The molecule has 0 saturated carbocycles. The molecule has 4 rings (SSSR count). The van der Waals surface area contributed by atoms with Crippen molar-refractivity contribution >= 4 is 33.0 Å². The molecule has 1 aliphatic heterocycles. The molecular formula is C24H25N3O3S. The number of amides is 1. The molecule has 0 saturated heterocycles. The van der Waals surface area contributed by atoms with Gasteiger partial charge in [0, 0.05) is 31.9 Å². The summed E-state index contributed by atoms with van der Waals surface area (Å²) in [5.41, 5.74) is 5.81. The lowest BCUT2D eigenvalue weighted by Gasteiger charge is -2.21. The van der Waals surface area contributed by atoms with Crippen molar-refractivity contribution in [2.24, 2.45) is 0 Å². The minimum atomic E-state index is -3.49. The molecule has 3 aromatic carbocycles. The summed E-state index contributed by atoms with van der Waals surface area (Å²) < 4.78 is 25.5. The maximum atomic E-state index is 12.8. The molecule has 1 amide bonds. The van der Waals surface area contributed by atoms with Crippen molar-refractivity contribution < 1.29 is 13.2 Å². The van der Waals surface area contributed by atoms with Crippen molar-refractivity contribution in [2.75, 3.05) is 41.4 Å². The zero-order valence-corrected chi connectivity index (χ0v) is 18.6. The number of anilines is 3. The van der Waals surface area contributed by atoms with E-state index in [-0.39, 0.29) is 5.91 Å². The third-order valence-electron chi connectivity index (χ3n) is 5.66. The van der Waals surface area contributed by atoms with Gasteiger partial charge in [0.25, 0.3) is 5.91 Å². The summed E-state index contributed by atoms with van der Waals surface area (Å²) >= 11 is 0. The maximum Gasteiger partial charge on any atom is 0.255 e. The van der Waals surface area contributed by atoms with E-state index in [0.717, 1.165) is 30.3 Å². The second-order valence-corrected chi connectivity index (χ2v) is 9.81. The van der Waals surface area contributed by atoms with Crippen LogP contribution in [0.5, 0.6) is 0 Å². The molecule has 0 unspecified atom stereocenters. The van der Waals surface area contributed by atoms with Gasteiger partial charge in [0.1, 0.15) is 0 Å². The molecule has 1 aliphatic rings. The summed E-state index contributed by atoms with van der Waals surface area (Å²) in [5, 5.41) is 2.90. The summed E-state index contributed by atoms with van der Waals surface area (Å²) in [7, 11) is 0.0679. The van der Waals surface area contributed by atoms with Gasteiger partial charge in [0.05, 0.1) is 17.6 Å². The average molecular weight is 436 g/mol. The standard InChI is InChI=1S/C24H25N3O3S/c1-26-14-13-20-15-18(9-11-22(20)26)19-10-12-23(27(2)31(3,29)30)21(16-19)25-24(28)17-7-5-4-6-8-17/h4-12,15-16H,13-14H2,1-3H3,(H,25,28). The van der Waals surface area contributed by atoms with E-state index in [0.29, 0.717) is 16.9 Å². The number of sulfonamides is 1. The Balaban J connectivity index is 1.75. The lowest BCUT2D eigenvalue weighted by Crippen LogP contribution is -2.26. The Labute approximate surface area is 183 Å². The van der Waals surface area contributed by atoms with E-state index < -0.39 is 10.0 Å². The SMILES string of the molecule is CN1CCc2cc(-c3ccc(N(C)S(C)(=O)=O)c(NC(=O)c4ccccc4)c3)ccc21. The minimum absolute atomic E-state index is 0.295. The van der Waals surface area contributed by atoms with Crippen LogP contribution in [0.4, 0.5) is 17.1 Å². The first-order chi connectivity index (χ1) is 14.7. The fourth-order valence-electron chi connectivity index (χ4n) is 3.80. The van der Waals surface area contributed by atoms with Crippen molar-refractivity contribution in [1.82, 2.24) is 0 Å². The van der Waals surface area contributed by atoms with E-state index in [9.17, 15) is 13.2 Å². The number of hydrogen-bond donors (Lipinski definition) is 1. The smallest absolute Gasteiger partial charge is 0.255 e. The highest BCUT2D eigenvalue weighted by Crippen LogP contribution is 2.35. The number of carbonyl (C=O) groups is 1. The number of likely N-dealkylation sites (N-methyl/N-ethyl adjacent to an activating group) is 1. The van der Waals surface area contributed by atoms with E-state index in [1.165, 1.54) is 22.6 Å². The summed E-state index contributed by atoms with van der Waals surface area (Å²) in [6.07, 6.45) is 2.13. The zero-order valence-electron chi connectivity index (χ0n) is 17.8. The van der Waals surface area contributed by atoms with E-state index in [1.807, 2.05) is 18.2 Å². The quantitative estimate of drug-likeness (QED) is 0.658. The van der Waals surface area contributed by atoms with E-state index in [4.69, 9.17) is 0 Å². The van der Waals surface area contributed by atoms with Gasteiger partial charge in [-0.3, -0.25) is 9.10 Å². The van der Waals surface area contributed by atoms with Crippen molar-refractivity contribution in [1.29, 1.82) is 0 Å². The molecule has 31 heavy (non-hydrogen) atoms. The van der Waals surface area contributed by atoms with Crippen LogP contribution in [0.25, 0.3) is 11.1 Å². The predicted octanol–water partition coefficient (Wildman–Crippen LogP) is 3.99. The Bertz CT molecular complexity index is 1240. The molecule has 160 valence electrons. The van der Waals surface area contributed by atoms with Gasteiger partial charge in [-0.05, 0) is 59.5 Å². The third kappa shape index (κ3) is 4.27. The molecule has 0 fully saturated rings. The molecule has 0 aromatic heterocycles. The number of nitrogens with one attached hydrogen (secondary N) is 1. The van der Waals surface area contributed by atoms with Crippen LogP contribution in [0.2, 0.25) is 0 Å². The van der Waals surface area contributed by atoms with Crippen LogP contribution in [0.15, 0.2) is 66.7 Å². The first-order valence-electron chi connectivity index (χ1n) is 10.0. The van der Waals surface area contributed by atoms with Crippen LogP contribution < -0.4 is 14.5 Å². The van der Waals surface area contributed by atoms with E-state index >= 15 is 0 Å². The highest BCUT2D eigenvalue weighted by Gasteiger charge is 2.20. The molecule has 6 nitrogen and oxygen atoms in total. The molecule has 0 spiro atoms. The van der Waals surface area contributed by atoms with Gasteiger partial charge in [0.15, 0.2) is 0 Å². The second kappa shape index (κ2) is 8.07. The maximum absolute atomic E-state index is 12.8. The zero-order chi connectivity index (χ0) is 22.2. The molecular weight excluding hydrogens is 410 g/mol. The van der Waals surface area contributed by atoms with Gasteiger partial charge in [0.2, 0.25) is 10.0 Å². The van der Waals surface area contributed by atoms with Gasteiger partial charge >= 0.3 is 0 Å². The average Bonchev–Trinajstić information content (AvgIpc) is 3.13. The molecule has 0 radical (unpaired) electrons. The monoisotopic (exact) mass is 435 g/mol. The van der Waals surface area contributed by atoms with Gasteiger partial charge in [-0.25, -0.2) is 8.42 Å². The highest BCUT2D eigenvalue weighted by atomic mass is 32.2. The first kappa shape index (κ1) is 20.9. The van der Waals surface area contributed by atoms with Crippen molar-refractivity contribution in [2.45, 2.75) is 6.42 Å². The normalized spacial score (nSPS) is 13.1. The largest absolute Gasteiger partial charge is 0.374 e. The summed E-state index contributed by atoms with van der Waals surface area (Å²) in [6, 6.07) is 20.6. The van der Waals surface area contributed by atoms with Crippen LogP contribution in [0, 0.1) is 0 Å². The molecule has 0 atom stereocenters. The lowest BCUT2D eigenvalue weighted by molar-refractivity contribution is 0.102. The van der Waals surface area contributed by atoms with Crippen LogP contribution in [0.3, 0.4) is 0 Å². The van der Waals surface area contributed by atoms with Crippen LogP contribution in [-0.2, 0) is 16.4 Å².